The Balaban J connectivity index is 1.07. The van der Waals surface area contributed by atoms with E-state index < -0.39 is 10.0 Å². The van der Waals surface area contributed by atoms with Crippen LogP contribution in [-0.2, 0) is 5.41 Å². The van der Waals surface area contributed by atoms with Gasteiger partial charge in [0.15, 0.2) is 5.76 Å². The van der Waals surface area contributed by atoms with Crippen LogP contribution in [-0.4, -0.2) is 12.5 Å². The lowest BCUT2D eigenvalue weighted by atomic mass is 9.75. The summed E-state index contributed by atoms with van der Waals surface area (Å²) in [7, 11) is -1.32. The maximum Gasteiger partial charge on any atom is 0.156 e. The van der Waals surface area contributed by atoms with Gasteiger partial charge < -0.3 is 19.1 Å². The first-order valence-electron chi connectivity index (χ1n) is 20.2. The van der Waals surface area contributed by atoms with Gasteiger partial charge in [-0.25, -0.2) is 0 Å². The normalized spacial score (nSPS) is 16.0. The van der Waals surface area contributed by atoms with Gasteiger partial charge in [0.2, 0.25) is 0 Å². The Bertz CT molecular complexity index is 2890. The Labute approximate surface area is 358 Å². The summed E-state index contributed by atoms with van der Waals surface area (Å²) in [6.45, 7) is 6.61. The second-order valence-corrected chi connectivity index (χ2v) is 20.7. The standard InChI is InChI=1S/C54H45NO3S2/c1-6-7-20-44(49-35-60(4,5)51-26-13-11-23-47(51)57-49)55(39-33-29-37(30-34-39)41-17-15-24-48-53(41)59-50-25-12-10-22-46(50)56-48)38-31-27-36(28-32-38)40-16-14-19-43-52(40)58-45-21-9-8-18-42(45)54(43,2)3/h6-35H,1-5H3/b7-6-,44-20+. The number of fused-ring (bicyclic) bond motifs is 5. The monoisotopic (exact) mass is 819 g/mol. The number of nitrogens with zero attached hydrogens (tertiary/aromatic N) is 1. The molecule has 0 bridgehead atoms. The Kier molecular flexibility index (Phi) is 9.50. The molecule has 7 aromatic carbocycles. The van der Waals surface area contributed by atoms with Gasteiger partial charge in [0, 0.05) is 43.8 Å². The summed E-state index contributed by atoms with van der Waals surface area (Å²) in [4.78, 5) is 5.79. The smallest absolute Gasteiger partial charge is 0.156 e. The minimum atomic E-state index is -1.32. The number of hydrogen-bond acceptors (Lipinski definition) is 5. The van der Waals surface area contributed by atoms with E-state index in [1.54, 1.807) is 11.8 Å². The molecule has 0 aromatic heterocycles. The Hall–Kier alpha value is -6.34. The van der Waals surface area contributed by atoms with Crippen molar-refractivity contribution in [3.63, 3.8) is 0 Å². The SMILES string of the molecule is C/C=C\C=C(/C1=CS(C)(C)c2ccccc2O1)N(c1ccc(-c2cccc3c2Oc2ccccc2C3(C)C)cc1)c1ccc(-c2cccc3c2Sc2ccccc2O3)cc1. The molecule has 0 fully saturated rings. The highest BCUT2D eigenvalue weighted by molar-refractivity contribution is 8.35. The van der Waals surface area contributed by atoms with Gasteiger partial charge in [0.25, 0.3) is 0 Å². The molecule has 60 heavy (non-hydrogen) atoms. The molecular formula is C54H45NO3S2. The van der Waals surface area contributed by atoms with Crippen LogP contribution < -0.4 is 19.1 Å². The predicted octanol–water partition coefficient (Wildman–Crippen LogP) is 15.7. The fourth-order valence-corrected chi connectivity index (χ4v) is 11.5. The third kappa shape index (κ3) is 6.61. The summed E-state index contributed by atoms with van der Waals surface area (Å²) in [6, 6.07) is 55.6. The van der Waals surface area contributed by atoms with Crippen molar-refractivity contribution in [2.45, 2.75) is 40.9 Å². The van der Waals surface area contributed by atoms with Crippen molar-refractivity contribution in [3.8, 4) is 51.0 Å². The molecule has 0 saturated carbocycles. The molecule has 3 aliphatic heterocycles. The minimum Gasteiger partial charge on any atom is -0.456 e. The molecule has 7 aromatic rings. The first kappa shape index (κ1) is 37.9. The Morgan fingerprint density at radius 1 is 0.583 bits per heavy atom. The number of para-hydroxylation sites is 4. The van der Waals surface area contributed by atoms with Crippen LogP contribution >= 0.6 is 21.8 Å². The van der Waals surface area contributed by atoms with Crippen LogP contribution in [0.1, 0.15) is 31.9 Å². The topological polar surface area (TPSA) is 30.9 Å². The highest BCUT2D eigenvalue weighted by atomic mass is 32.3. The number of rotatable bonds is 7. The average Bonchev–Trinajstić information content (AvgIpc) is 3.27. The van der Waals surface area contributed by atoms with E-state index in [1.807, 2.05) is 25.1 Å². The predicted molar refractivity (Wildman–Crippen MR) is 251 cm³/mol. The molecule has 0 N–H and O–H groups in total. The molecule has 0 atom stereocenters. The van der Waals surface area contributed by atoms with E-state index in [4.69, 9.17) is 14.2 Å². The second kappa shape index (κ2) is 15.0. The van der Waals surface area contributed by atoms with E-state index in [-0.39, 0.29) is 5.41 Å². The third-order valence-corrected chi connectivity index (χ3v) is 15.0. The lowest BCUT2D eigenvalue weighted by Gasteiger charge is -2.37. The van der Waals surface area contributed by atoms with Crippen molar-refractivity contribution in [3.05, 3.63) is 204 Å². The third-order valence-electron chi connectivity index (χ3n) is 11.6. The molecule has 3 aliphatic rings. The fourth-order valence-electron chi connectivity index (χ4n) is 8.49. The van der Waals surface area contributed by atoms with Crippen LogP contribution in [0.4, 0.5) is 11.4 Å². The van der Waals surface area contributed by atoms with E-state index >= 15 is 0 Å². The summed E-state index contributed by atoms with van der Waals surface area (Å²) in [6.07, 6.45) is 11.0. The van der Waals surface area contributed by atoms with E-state index in [2.05, 4.69) is 194 Å². The van der Waals surface area contributed by atoms with E-state index in [0.717, 1.165) is 83.6 Å². The molecule has 0 radical (unpaired) electrons. The molecule has 3 heterocycles. The second-order valence-electron chi connectivity index (χ2n) is 16.1. The Morgan fingerprint density at radius 2 is 1.18 bits per heavy atom. The number of benzene rings is 7. The van der Waals surface area contributed by atoms with Crippen LogP contribution in [0.3, 0.4) is 0 Å². The average molecular weight is 820 g/mol. The zero-order valence-corrected chi connectivity index (χ0v) is 35.9. The molecule has 10 rings (SSSR count). The van der Waals surface area contributed by atoms with Gasteiger partial charge in [-0.1, -0.05) is 135 Å². The van der Waals surface area contributed by atoms with Crippen molar-refractivity contribution in [1.82, 2.24) is 0 Å². The maximum atomic E-state index is 6.84. The summed E-state index contributed by atoms with van der Waals surface area (Å²) in [5.74, 6) is 5.33. The van der Waals surface area contributed by atoms with Gasteiger partial charge in [0.05, 0.1) is 15.5 Å². The number of allylic oxidation sites excluding steroid dienone is 3. The zero-order chi connectivity index (χ0) is 41.0. The molecule has 296 valence electrons. The summed E-state index contributed by atoms with van der Waals surface area (Å²) >= 11 is 1.76. The van der Waals surface area contributed by atoms with Gasteiger partial charge in [0.1, 0.15) is 28.7 Å². The van der Waals surface area contributed by atoms with Crippen molar-refractivity contribution in [2.24, 2.45) is 0 Å². The van der Waals surface area contributed by atoms with Crippen molar-refractivity contribution in [2.75, 3.05) is 17.4 Å². The summed E-state index contributed by atoms with van der Waals surface area (Å²) < 4.78 is 19.9. The minimum absolute atomic E-state index is 0.201. The van der Waals surface area contributed by atoms with Crippen molar-refractivity contribution < 1.29 is 14.2 Å². The van der Waals surface area contributed by atoms with E-state index in [1.165, 1.54) is 16.0 Å². The largest absolute Gasteiger partial charge is 0.456 e. The van der Waals surface area contributed by atoms with E-state index in [0.29, 0.717) is 0 Å². The number of anilines is 2. The molecule has 4 nitrogen and oxygen atoms in total. The lowest BCUT2D eigenvalue weighted by molar-refractivity contribution is 0.419. The summed E-state index contributed by atoms with van der Waals surface area (Å²) in [5, 5.41) is 2.33. The molecule has 0 aliphatic carbocycles. The van der Waals surface area contributed by atoms with Gasteiger partial charge in [-0.05, 0) is 103 Å². The first-order valence-corrected chi connectivity index (χ1v) is 23.6. The van der Waals surface area contributed by atoms with Crippen LogP contribution in [0, 0.1) is 0 Å². The molecule has 0 spiro atoms. The van der Waals surface area contributed by atoms with Gasteiger partial charge >= 0.3 is 0 Å². The molecule has 0 saturated heterocycles. The van der Waals surface area contributed by atoms with Crippen LogP contribution in [0.15, 0.2) is 208 Å². The number of ether oxygens (including phenoxy) is 3. The summed E-state index contributed by atoms with van der Waals surface area (Å²) in [5.41, 5.74) is 9.55. The zero-order valence-electron chi connectivity index (χ0n) is 34.3. The first-order chi connectivity index (χ1) is 29.2. The maximum absolute atomic E-state index is 6.84. The molecule has 6 heteroatoms. The van der Waals surface area contributed by atoms with Gasteiger partial charge in [-0.3, -0.25) is 0 Å². The molecular weight excluding hydrogens is 775 g/mol. The van der Waals surface area contributed by atoms with Gasteiger partial charge in [-0.2, -0.15) is 10.0 Å². The highest BCUT2D eigenvalue weighted by Crippen LogP contribution is 2.59. The Morgan fingerprint density at radius 3 is 1.93 bits per heavy atom. The fraction of sp³-hybridized carbons (Fsp3) is 0.111. The van der Waals surface area contributed by atoms with Crippen LogP contribution in [0.2, 0.25) is 0 Å². The van der Waals surface area contributed by atoms with Gasteiger partial charge in [-0.15, -0.1) is 0 Å². The molecule has 0 unspecified atom stereocenters. The quantitative estimate of drug-likeness (QED) is 0.150. The van der Waals surface area contributed by atoms with Crippen LogP contribution in [0.25, 0.3) is 22.3 Å². The number of hydrogen-bond donors (Lipinski definition) is 0. The van der Waals surface area contributed by atoms with Crippen molar-refractivity contribution >= 4 is 33.2 Å². The lowest BCUT2D eigenvalue weighted by Crippen LogP contribution is -2.24. The van der Waals surface area contributed by atoms with Crippen LogP contribution in [0.5, 0.6) is 28.7 Å². The van der Waals surface area contributed by atoms with E-state index in [9.17, 15) is 0 Å². The highest BCUT2D eigenvalue weighted by Gasteiger charge is 2.35. The molecule has 0 amide bonds. The van der Waals surface area contributed by atoms with Crippen molar-refractivity contribution in [1.29, 1.82) is 0 Å².